The highest BCUT2D eigenvalue weighted by atomic mass is 32.2. The molecule has 0 spiro atoms. The second-order valence-electron chi connectivity index (χ2n) is 4.26. The topological polar surface area (TPSA) is 79.5 Å². The molecule has 0 unspecified atom stereocenters. The molecule has 1 heterocycles. The van der Waals surface area contributed by atoms with E-state index in [9.17, 15) is 21.6 Å². The van der Waals surface area contributed by atoms with E-state index in [2.05, 4.69) is 4.72 Å². The zero-order valence-corrected chi connectivity index (χ0v) is 11.6. The van der Waals surface area contributed by atoms with Gasteiger partial charge in [0.15, 0.2) is 0 Å². The predicted molar refractivity (Wildman–Crippen MR) is 64.5 cm³/mol. The third-order valence-electron chi connectivity index (χ3n) is 2.55. The molecule has 2 N–H and O–H groups in total. The number of hydrogen-bond donors (Lipinski definition) is 2. The standard InChI is InChI=1S/C11H16F3NO4S/c1-8-10(6-9(7-16)19-8)20(17,18)15-5-3-2-4-11(12,13)14/h6,15-16H,2-5,7H2,1H3. The molecule has 9 heteroatoms. The Bertz CT molecular complexity index is 536. The lowest BCUT2D eigenvalue weighted by Crippen LogP contribution is -2.25. The molecule has 0 aliphatic heterocycles. The molecule has 5 nitrogen and oxygen atoms in total. The maximum Gasteiger partial charge on any atom is 0.389 e. The van der Waals surface area contributed by atoms with E-state index < -0.39 is 29.2 Å². The van der Waals surface area contributed by atoms with Gasteiger partial charge in [0.05, 0.1) is 0 Å². The zero-order valence-electron chi connectivity index (χ0n) is 10.8. The Labute approximate surface area is 114 Å². The molecule has 0 saturated carbocycles. The summed E-state index contributed by atoms with van der Waals surface area (Å²) in [4.78, 5) is -0.114. The Morgan fingerprint density at radius 1 is 1.35 bits per heavy atom. The second-order valence-corrected chi connectivity index (χ2v) is 6.00. The van der Waals surface area contributed by atoms with Crippen molar-refractivity contribution in [1.82, 2.24) is 4.72 Å². The van der Waals surface area contributed by atoms with Crippen LogP contribution in [0.3, 0.4) is 0 Å². The van der Waals surface area contributed by atoms with Crippen LogP contribution in [0.5, 0.6) is 0 Å². The lowest BCUT2D eigenvalue weighted by atomic mass is 10.2. The number of halogens is 3. The number of nitrogens with one attached hydrogen (secondary N) is 1. The summed E-state index contributed by atoms with van der Waals surface area (Å²) >= 11 is 0. The average Bonchev–Trinajstić information content (AvgIpc) is 2.69. The average molecular weight is 315 g/mol. The van der Waals surface area contributed by atoms with Crippen molar-refractivity contribution >= 4 is 10.0 Å². The Hall–Kier alpha value is -1.06. The first kappa shape index (κ1) is 17.0. The van der Waals surface area contributed by atoms with E-state index in [1.54, 1.807) is 0 Å². The number of sulfonamides is 1. The molecule has 1 rings (SSSR count). The van der Waals surface area contributed by atoms with Crippen molar-refractivity contribution in [2.24, 2.45) is 0 Å². The maximum atomic E-state index is 11.9. The fourth-order valence-corrected chi connectivity index (χ4v) is 2.88. The highest BCUT2D eigenvalue weighted by Crippen LogP contribution is 2.22. The van der Waals surface area contributed by atoms with E-state index in [-0.39, 0.29) is 35.8 Å². The van der Waals surface area contributed by atoms with Crippen LogP contribution in [0.4, 0.5) is 13.2 Å². The molecule has 1 aromatic rings. The number of hydrogen-bond acceptors (Lipinski definition) is 4. The fraction of sp³-hybridized carbons (Fsp3) is 0.636. The number of furan rings is 1. The first-order valence-electron chi connectivity index (χ1n) is 5.92. The minimum absolute atomic E-state index is 0.0858. The SMILES string of the molecule is Cc1oc(CO)cc1S(=O)(=O)NCCCCC(F)(F)F. The van der Waals surface area contributed by atoms with Crippen LogP contribution in [-0.2, 0) is 16.6 Å². The summed E-state index contributed by atoms with van der Waals surface area (Å²) in [7, 11) is -3.83. The van der Waals surface area contributed by atoms with Crippen LogP contribution in [0, 0.1) is 6.92 Å². The van der Waals surface area contributed by atoms with Gasteiger partial charge >= 0.3 is 6.18 Å². The van der Waals surface area contributed by atoms with Gasteiger partial charge in [-0.05, 0) is 19.8 Å². The molecule has 0 amide bonds. The molecular formula is C11H16F3NO4S. The number of unbranched alkanes of at least 4 members (excludes halogenated alkanes) is 1. The van der Waals surface area contributed by atoms with Gasteiger partial charge in [-0.2, -0.15) is 13.2 Å². The largest absolute Gasteiger partial charge is 0.462 e. The van der Waals surface area contributed by atoms with Gasteiger partial charge in [-0.25, -0.2) is 13.1 Å². The van der Waals surface area contributed by atoms with Crippen LogP contribution < -0.4 is 4.72 Å². The van der Waals surface area contributed by atoms with Crippen LogP contribution in [0.15, 0.2) is 15.4 Å². The van der Waals surface area contributed by atoms with Gasteiger partial charge in [-0.3, -0.25) is 0 Å². The van der Waals surface area contributed by atoms with Crippen molar-refractivity contribution < 1.29 is 31.1 Å². The molecule has 0 aromatic carbocycles. The summed E-state index contributed by atoms with van der Waals surface area (Å²) in [6.45, 7) is 0.914. The normalized spacial score (nSPS) is 12.8. The molecule has 20 heavy (non-hydrogen) atoms. The molecular weight excluding hydrogens is 299 g/mol. The number of aliphatic hydroxyl groups excluding tert-OH is 1. The van der Waals surface area contributed by atoms with Crippen LogP contribution in [0.2, 0.25) is 0 Å². The fourth-order valence-electron chi connectivity index (χ4n) is 1.60. The van der Waals surface area contributed by atoms with Crippen molar-refractivity contribution in [1.29, 1.82) is 0 Å². The van der Waals surface area contributed by atoms with Gasteiger partial charge < -0.3 is 9.52 Å². The third-order valence-corrected chi connectivity index (χ3v) is 4.12. The number of aryl methyl sites for hydroxylation is 1. The Morgan fingerprint density at radius 2 is 2.00 bits per heavy atom. The molecule has 0 radical (unpaired) electrons. The smallest absolute Gasteiger partial charge is 0.389 e. The van der Waals surface area contributed by atoms with Gasteiger partial charge in [-0.15, -0.1) is 0 Å². The summed E-state index contributed by atoms with van der Waals surface area (Å²) in [5.41, 5.74) is 0. The molecule has 0 bridgehead atoms. The first-order valence-corrected chi connectivity index (χ1v) is 7.40. The molecule has 0 fully saturated rings. The van der Waals surface area contributed by atoms with Crippen LogP contribution >= 0.6 is 0 Å². The van der Waals surface area contributed by atoms with E-state index in [1.165, 1.54) is 13.0 Å². The molecule has 1 aromatic heterocycles. The van der Waals surface area contributed by atoms with Gasteiger partial charge in [0.2, 0.25) is 10.0 Å². The highest BCUT2D eigenvalue weighted by Gasteiger charge is 2.26. The van der Waals surface area contributed by atoms with Crippen molar-refractivity contribution in [3.05, 3.63) is 17.6 Å². The Kier molecular flexibility index (Phi) is 5.60. The van der Waals surface area contributed by atoms with Crippen LogP contribution in [-0.4, -0.2) is 26.2 Å². The van der Waals surface area contributed by atoms with E-state index in [0.717, 1.165) is 0 Å². The van der Waals surface area contributed by atoms with E-state index >= 15 is 0 Å². The van der Waals surface area contributed by atoms with Crippen LogP contribution in [0.1, 0.15) is 30.8 Å². The molecule has 0 saturated heterocycles. The van der Waals surface area contributed by atoms with Gasteiger partial charge in [0, 0.05) is 19.0 Å². The second kappa shape index (κ2) is 6.59. The summed E-state index contributed by atoms with van der Waals surface area (Å²) < 4.78 is 66.6. The van der Waals surface area contributed by atoms with Gasteiger partial charge in [0.1, 0.15) is 23.0 Å². The summed E-state index contributed by atoms with van der Waals surface area (Å²) in [5.74, 6) is 0.233. The van der Waals surface area contributed by atoms with Crippen molar-refractivity contribution in [2.45, 2.75) is 43.9 Å². The van der Waals surface area contributed by atoms with Gasteiger partial charge in [0.25, 0.3) is 0 Å². The lowest BCUT2D eigenvalue weighted by Gasteiger charge is -2.07. The van der Waals surface area contributed by atoms with Crippen molar-refractivity contribution in [3.8, 4) is 0 Å². The minimum atomic E-state index is -4.23. The summed E-state index contributed by atoms with van der Waals surface area (Å²) in [6.07, 6.45) is -5.22. The number of aliphatic hydroxyl groups is 1. The molecule has 0 aliphatic carbocycles. The minimum Gasteiger partial charge on any atom is -0.462 e. The third kappa shape index (κ3) is 5.14. The summed E-state index contributed by atoms with van der Waals surface area (Å²) in [6, 6.07) is 1.19. The number of rotatable bonds is 7. The Balaban J connectivity index is 2.51. The molecule has 0 atom stereocenters. The van der Waals surface area contributed by atoms with Gasteiger partial charge in [-0.1, -0.05) is 0 Å². The molecule has 0 aliphatic rings. The maximum absolute atomic E-state index is 11.9. The van der Waals surface area contributed by atoms with Crippen LogP contribution in [0.25, 0.3) is 0 Å². The summed E-state index contributed by atoms with van der Waals surface area (Å²) in [5, 5.41) is 8.85. The van der Waals surface area contributed by atoms with Crippen molar-refractivity contribution in [3.63, 3.8) is 0 Å². The first-order chi connectivity index (χ1) is 9.15. The zero-order chi connectivity index (χ0) is 15.4. The molecule has 116 valence electrons. The number of alkyl halides is 3. The predicted octanol–water partition coefficient (Wildman–Crippen LogP) is 2.09. The highest BCUT2D eigenvalue weighted by molar-refractivity contribution is 7.89. The Morgan fingerprint density at radius 3 is 2.50 bits per heavy atom. The monoisotopic (exact) mass is 315 g/mol. The van der Waals surface area contributed by atoms with E-state index in [0.29, 0.717) is 0 Å². The van der Waals surface area contributed by atoms with Crippen molar-refractivity contribution in [2.75, 3.05) is 6.54 Å². The van der Waals surface area contributed by atoms with E-state index in [4.69, 9.17) is 9.52 Å². The van der Waals surface area contributed by atoms with E-state index in [1.807, 2.05) is 0 Å². The quantitative estimate of drug-likeness (QED) is 0.755. The lowest BCUT2D eigenvalue weighted by molar-refractivity contribution is -0.135.